The highest BCUT2D eigenvalue weighted by molar-refractivity contribution is 7.89. The topological polar surface area (TPSA) is 116 Å². The van der Waals surface area contributed by atoms with Crippen molar-refractivity contribution in [1.29, 1.82) is 0 Å². The maximum absolute atomic E-state index is 13.2. The van der Waals surface area contributed by atoms with Gasteiger partial charge in [0.25, 0.3) is 5.91 Å². The van der Waals surface area contributed by atoms with Crippen LogP contribution in [0, 0.1) is 0 Å². The van der Waals surface area contributed by atoms with Gasteiger partial charge in [-0.15, -0.1) is 0 Å². The van der Waals surface area contributed by atoms with Crippen LogP contribution < -0.4 is 10.6 Å². The first kappa shape index (κ1) is 24.4. The van der Waals surface area contributed by atoms with Crippen LogP contribution in [0.1, 0.15) is 32.8 Å². The van der Waals surface area contributed by atoms with Crippen molar-refractivity contribution in [1.82, 2.24) is 14.5 Å². The Morgan fingerprint density at radius 3 is 2.30 bits per heavy atom. The van der Waals surface area contributed by atoms with Crippen LogP contribution in [0.4, 0.5) is 10.5 Å². The first-order valence-corrected chi connectivity index (χ1v) is 12.2. The second-order valence-electron chi connectivity index (χ2n) is 7.61. The Morgan fingerprint density at radius 2 is 1.70 bits per heavy atom. The summed E-state index contributed by atoms with van der Waals surface area (Å²) in [5.41, 5.74) is -0.329. The quantitative estimate of drug-likeness (QED) is 0.544. The predicted molar refractivity (Wildman–Crippen MR) is 124 cm³/mol. The van der Waals surface area contributed by atoms with Crippen molar-refractivity contribution in [3.05, 3.63) is 60.2 Å². The Bertz CT molecular complexity index is 1150. The molecular weight excluding hydrogens is 444 g/mol. The first-order valence-electron chi connectivity index (χ1n) is 10.8. The van der Waals surface area contributed by atoms with E-state index in [2.05, 4.69) is 10.6 Å². The number of urea groups is 1. The van der Waals surface area contributed by atoms with Gasteiger partial charge >= 0.3 is 6.03 Å². The van der Waals surface area contributed by atoms with Crippen molar-refractivity contribution in [3.63, 3.8) is 0 Å². The third-order valence-electron chi connectivity index (χ3n) is 5.74. The monoisotopic (exact) mass is 472 g/mol. The highest BCUT2D eigenvalue weighted by Crippen LogP contribution is 2.32. The van der Waals surface area contributed by atoms with Crippen molar-refractivity contribution in [2.45, 2.75) is 37.6 Å². The molecule has 3 rings (SSSR count). The van der Waals surface area contributed by atoms with Crippen LogP contribution in [0.2, 0.25) is 0 Å². The number of hydrogen-bond donors (Lipinski definition) is 2. The zero-order valence-corrected chi connectivity index (χ0v) is 19.7. The summed E-state index contributed by atoms with van der Waals surface area (Å²) < 4.78 is 26.8. The number of rotatable bonds is 9. The maximum atomic E-state index is 13.2. The minimum atomic E-state index is -3.70. The van der Waals surface area contributed by atoms with Gasteiger partial charge in [-0.1, -0.05) is 57.2 Å². The highest BCUT2D eigenvalue weighted by atomic mass is 32.2. The summed E-state index contributed by atoms with van der Waals surface area (Å²) in [5, 5.41) is 5.32. The Morgan fingerprint density at radius 1 is 1.03 bits per heavy atom. The first-order chi connectivity index (χ1) is 15.7. The summed E-state index contributed by atoms with van der Waals surface area (Å²) in [4.78, 5) is 39.3. The van der Waals surface area contributed by atoms with E-state index in [0.717, 1.165) is 4.90 Å². The molecule has 1 unspecified atom stereocenters. The Labute approximate surface area is 193 Å². The predicted octanol–water partition coefficient (Wildman–Crippen LogP) is 2.51. The lowest BCUT2D eigenvalue weighted by molar-refractivity contribution is -0.134. The van der Waals surface area contributed by atoms with E-state index >= 15 is 0 Å². The number of nitrogens with zero attached hydrogens (tertiary/aromatic N) is 2. The van der Waals surface area contributed by atoms with Crippen LogP contribution in [0.5, 0.6) is 0 Å². The number of imide groups is 1. The molecule has 2 aromatic carbocycles. The van der Waals surface area contributed by atoms with Crippen LogP contribution in [0.3, 0.4) is 0 Å². The molecule has 9 nitrogen and oxygen atoms in total. The van der Waals surface area contributed by atoms with E-state index in [9.17, 15) is 22.8 Å². The van der Waals surface area contributed by atoms with Crippen LogP contribution in [-0.2, 0) is 25.2 Å². The van der Waals surface area contributed by atoms with Crippen molar-refractivity contribution in [2.75, 3.05) is 25.0 Å². The van der Waals surface area contributed by atoms with Gasteiger partial charge in [0.1, 0.15) is 12.1 Å². The van der Waals surface area contributed by atoms with E-state index in [1.165, 1.54) is 22.5 Å². The molecule has 176 valence electrons. The summed E-state index contributed by atoms with van der Waals surface area (Å²) in [7, 11) is -3.70. The molecule has 0 saturated carbocycles. The molecule has 1 atom stereocenters. The van der Waals surface area contributed by atoms with Gasteiger partial charge in [0.2, 0.25) is 15.9 Å². The minimum Gasteiger partial charge on any atom is -0.324 e. The third-order valence-corrected chi connectivity index (χ3v) is 7.78. The smallest absolute Gasteiger partial charge is 0.324 e. The molecule has 1 saturated heterocycles. The molecular formula is C23H28N4O5S. The fourth-order valence-corrected chi connectivity index (χ4v) is 5.43. The average Bonchev–Trinajstić information content (AvgIpc) is 3.05. The molecule has 1 heterocycles. The number of anilines is 1. The van der Waals surface area contributed by atoms with Crippen LogP contribution >= 0.6 is 0 Å². The van der Waals surface area contributed by atoms with Crippen molar-refractivity contribution in [2.24, 2.45) is 0 Å². The molecule has 1 aliphatic rings. The summed E-state index contributed by atoms with van der Waals surface area (Å²) in [6.45, 7) is 5.43. The fourth-order valence-electron chi connectivity index (χ4n) is 3.92. The van der Waals surface area contributed by atoms with Gasteiger partial charge in [-0.2, -0.15) is 4.31 Å². The molecule has 0 aliphatic carbocycles. The van der Waals surface area contributed by atoms with E-state index in [-0.39, 0.29) is 10.6 Å². The minimum absolute atomic E-state index is 0.0491. The standard InChI is InChI=1S/C23H28N4O5S/c1-4-23(17-11-8-7-9-12-17)21(29)27(22(30)25-23)16-20(28)24-18-13-10-14-19(15-18)33(31,32)26(5-2)6-3/h7-15H,4-6,16H2,1-3H3,(H,24,28)(H,25,30). The zero-order valence-electron chi connectivity index (χ0n) is 18.9. The molecule has 0 spiro atoms. The molecule has 1 fully saturated rings. The molecule has 10 heteroatoms. The van der Waals surface area contributed by atoms with Crippen molar-refractivity contribution in [3.8, 4) is 0 Å². The molecule has 4 amide bonds. The fraction of sp³-hybridized carbons (Fsp3) is 0.348. The van der Waals surface area contributed by atoms with Gasteiger partial charge in [0.05, 0.1) is 4.90 Å². The molecule has 0 aromatic heterocycles. The van der Waals surface area contributed by atoms with E-state index in [0.29, 0.717) is 25.1 Å². The van der Waals surface area contributed by atoms with E-state index in [4.69, 9.17) is 0 Å². The lowest BCUT2D eigenvalue weighted by Gasteiger charge is -2.25. The highest BCUT2D eigenvalue weighted by Gasteiger charge is 2.51. The summed E-state index contributed by atoms with van der Waals surface area (Å²) >= 11 is 0. The molecule has 2 aromatic rings. The number of nitrogens with one attached hydrogen (secondary N) is 2. The number of sulfonamides is 1. The number of hydrogen-bond acceptors (Lipinski definition) is 5. The van der Waals surface area contributed by atoms with Gasteiger partial charge < -0.3 is 10.6 Å². The van der Waals surface area contributed by atoms with Gasteiger partial charge in [-0.3, -0.25) is 14.5 Å². The van der Waals surface area contributed by atoms with Gasteiger partial charge in [-0.25, -0.2) is 13.2 Å². The van der Waals surface area contributed by atoms with E-state index < -0.39 is 40.0 Å². The summed E-state index contributed by atoms with van der Waals surface area (Å²) in [6.07, 6.45) is 0.324. The second-order valence-corrected chi connectivity index (χ2v) is 9.55. The molecule has 1 aliphatic heterocycles. The van der Waals surface area contributed by atoms with E-state index in [1.54, 1.807) is 51.1 Å². The third kappa shape index (κ3) is 4.62. The number of carbonyl (C=O) groups is 3. The largest absolute Gasteiger partial charge is 0.325 e. The number of benzene rings is 2. The van der Waals surface area contributed by atoms with Crippen molar-refractivity contribution >= 4 is 33.6 Å². The van der Waals surface area contributed by atoms with Gasteiger partial charge in [0.15, 0.2) is 0 Å². The number of carbonyl (C=O) groups excluding carboxylic acids is 3. The lowest BCUT2D eigenvalue weighted by Crippen LogP contribution is -2.44. The van der Waals surface area contributed by atoms with Crippen LogP contribution in [-0.4, -0.2) is 55.1 Å². The second kappa shape index (κ2) is 9.72. The van der Waals surface area contributed by atoms with Gasteiger partial charge in [0, 0.05) is 18.8 Å². The normalized spacial score (nSPS) is 18.5. The van der Waals surface area contributed by atoms with Crippen molar-refractivity contribution < 1.29 is 22.8 Å². The molecule has 33 heavy (non-hydrogen) atoms. The lowest BCUT2D eigenvalue weighted by atomic mass is 9.87. The summed E-state index contributed by atoms with van der Waals surface area (Å²) in [6, 6.07) is 14.1. The van der Waals surface area contributed by atoms with Crippen LogP contribution in [0.15, 0.2) is 59.5 Å². The SMILES string of the molecule is CCN(CC)S(=O)(=O)c1cccc(NC(=O)CN2C(=O)NC(CC)(c3ccccc3)C2=O)c1. The molecule has 0 bridgehead atoms. The maximum Gasteiger partial charge on any atom is 0.325 e. The summed E-state index contributed by atoms with van der Waals surface area (Å²) in [5.74, 6) is -1.12. The molecule has 0 radical (unpaired) electrons. The zero-order chi connectivity index (χ0) is 24.2. The van der Waals surface area contributed by atoms with E-state index in [1.807, 2.05) is 6.07 Å². The molecule has 2 N–H and O–H groups in total. The number of amides is 4. The Balaban J connectivity index is 1.77. The Hall–Kier alpha value is -3.24. The van der Waals surface area contributed by atoms with Crippen LogP contribution in [0.25, 0.3) is 0 Å². The Kier molecular flexibility index (Phi) is 7.19. The van der Waals surface area contributed by atoms with Gasteiger partial charge in [-0.05, 0) is 30.2 Å². The average molecular weight is 473 g/mol.